The maximum atomic E-state index is 10.9. The largest absolute Gasteiger partial charge is 0.473 e. The fourth-order valence-electron chi connectivity index (χ4n) is 1.69. The van der Waals surface area contributed by atoms with Gasteiger partial charge in [-0.1, -0.05) is 41.9 Å². The number of rotatable bonds is 6. The highest BCUT2D eigenvalue weighted by Crippen LogP contribution is 2.30. The van der Waals surface area contributed by atoms with Gasteiger partial charge in [0.1, 0.15) is 6.33 Å². The molecular weight excluding hydrogens is 282 g/mol. The molecule has 0 radical (unpaired) electrons. The van der Waals surface area contributed by atoms with Crippen LogP contribution in [0.5, 0.6) is 5.88 Å². The summed E-state index contributed by atoms with van der Waals surface area (Å²) < 4.78 is 5.32. The minimum Gasteiger partial charge on any atom is -0.473 e. The van der Waals surface area contributed by atoms with Crippen LogP contribution >= 0.6 is 11.6 Å². The van der Waals surface area contributed by atoms with E-state index >= 15 is 0 Å². The number of hydrogen-bond acceptors (Lipinski definition) is 5. The molecule has 0 bridgehead atoms. The molecule has 2 rings (SSSR count). The first kappa shape index (κ1) is 14.2. The summed E-state index contributed by atoms with van der Waals surface area (Å²) in [6.45, 7) is 0.322. The van der Waals surface area contributed by atoms with Crippen molar-refractivity contribution in [3.05, 3.63) is 57.5 Å². The Morgan fingerprint density at radius 3 is 2.70 bits per heavy atom. The predicted octanol–water partition coefficient (Wildman–Crippen LogP) is 3.05. The summed E-state index contributed by atoms with van der Waals surface area (Å²) in [7, 11) is 0. The van der Waals surface area contributed by atoms with E-state index < -0.39 is 10.6 Å². The molecule has 104 valence electrons. The van der Waals surface area contributed by atoms with Gasteiger partial charge in [0.25, 0.3) is 5.88 Å². The van der Waals surface area contributed by atoms with Crippen molar-refractivity contribution < 1.29 is 9.66 Å². The van der Waals surface area contributed by atoms with Crippen LogP contribution < -0.4 is 4.74 Å². The second-order valence-electron chi connectivity index (χ2n) is 4.01. The molecule has 0 atom stereocenters. The van der Waals surface area contributed by atoms with Crippen LogP contribution in [0.4, 0.5) is 5.69 Å². The van der Waals surface area contributed by atoms with E-state index in [-0.39, 0.29) is 11.0 Å². The van der Waals surface area contributed by atoms with E-state index in [4.69, 9.17) is 16.3 Å². The van der Waals surface area contributed by atoms with E-state index in [1.165, 1.54) is 5.56 Å². The molecule has 0 aliphatic heterocycles. The molecule has 1 aromatic carbocycles. The van der Waals surface area contributed by atoms with Crippen molar-refractivity contribution in [3.63, 3.8) is 0 Å². The van der Waals surface area contributed by atoms with Crippen LogP contribution in [0, 0.1) is 10.1 Å². The summed E-state index contributed by atoms with van der Waals surface area (Å²) in [4.78, 5) is 17.5. The SMILES string of the molecule is O=[N+]([O-])c1c(Cl)ncnc1OCCCc1ccccc1. The first-order valence-electron chi connectivity index (χ1n) is 6.00. The zero-order valence-electron chi connectivity index (χ0n) is 10.5. The monoisotopic (exact) mass is 293 g/mol. The average molecular weight is 294 g/mol. The summed E-state index contributed by atoms with van der Waals surface area (Å²) in [5.41, 5.74) is 0.792. The number of aryl methyl sites for hydroxylation is 1. The number of aromatic nitrogens is 2. The third kappa shape index (κ3) is 3.64. The first-order chi connectivity index (χ1) is 9.68. The normalized spacial score (nSPS) is 10.2. The Morgan fingerprint density at radius 2 is 2.00 bits per heavy atom. The van der Waals surface area contributed by atoms with E-state index in [2.05, 4.69) is 9.97 Å². The molecule has 0 aliphatic carbocycles. The molecule has 20 heavy (non-hydrogen) atoms. The molecule has 0 fully saturated rings. The maximum absolute atomic E-state index is 10.9. The van der Waals surface area contributed by atoms with E-state index in [0.29, 0.717) is 6.61 Å². The molecule has 1 heterocycles. The summed E-state index contributed by atoms with van der Waals surface area (Å²) in [5, 5.41) is 10.6. The van der Waals surface area contributed by atoms with Crippen LogP contribution in [0.2, 0.25) is 5.15 Å². The van der Waals surface area contributed by atoms with Crippen LogP contribution in [-0.4, -0.2) is 21.5 Å². The molecule has 0 unspecified atom stereocenters. The smallest absolute Gasteiger partial charge is 0.367 e. The molecule has 0 saturated carbocycles. The Kier molecular flexibility index (Phi) is 4.84. The van der Waals surface area contributed by atoms with Crippen molar-refractivity contribution in [3.8, 4) is 5.88 Å². The summed E-state index contributed by atoms with van der Waals surface area (Å²) >= 11 is 5.66. The van der Waals surface area contributed by atoms with Crippen molar-refractivity contribution in [2.24, 2.45) is 0 Å². The Labute approximate surface area is 120 Å². The topological polar surface area (TPSA) is 78.2 Å². The molecule has 0 N–H and O–H groups in total. The minimum atomic E-state index is -0.644. The molecule has 0 amide bonds. The van der Waals surface area contributed by atoms with Gasteiger partial charge in [-0.15, -0.1) is 0 Å². The van der Waals surface area contributed by atoms with Crippen LogP contribution in [-0.2, 0) is 6.42 Å². The third-order valence-corrected chi connectivity index (χ3v) is 2.89. The quantitative estimate of drug-likeness (QED) is 0.354. The summed E-state index contributed by atoms with van der Waals surface area (Å²) in [6.07, 6.45) is 2.69. The highest BCUT2D eigenvalue weighted by Gasteiger charge is 2.22. The van der Waals surface area contributed by atoms with Gasteiger partial charge in [-0.2, -0.15) is 4.98 Å². The highest BCUT2D eigenvalue weighted by molar-refractivity contribution is 6.31. The number of nitro groups is 1. The lowest BCUT2D eigenvalue weighted by Crippen LogP contribution is -2.04. The zero-order chi connectivity index (χ0) is 14.4. The fourth-order valence-corrected chi connectivity index (χ4v) is 1.88. The number of nitrogens with zero attached hydrogens (tertiary/aromatic N) is 3. The van der Waals surface area contributed by atoms with Gasteiger partial charge in [0.2, 0.25) is 5.15 Å². The number of halogens is 1. The second-order valence-corrected chi connectivity index (χ2v) is 4.37. The molecule has 0 aliphatic rings. The number of benzene rings is 1. The molecule has 0 saturated heterocycles. The Morgan fingerprint density at radius 1 is 1.25 bits per heavy atom. The predicted molar refractivity (Wildman–Crippen MR) is 74.0 cm³/mol. The lowest BCUT2D eigenvalue weighted by Gasteiger charge is -2.06. The van der Waals surface area contributed by atoms with Gasteiger partial charge in [-0.3, -0.25) is 10.1 Å². The van der Waals surface area contributed by atoms with Crippen LogP contribution in [0.1, 0.15) is 12.0 Å². The van der Waals surface area contributed by atoms with Crippen molar-refractivity contribution >= 4 is 17.3 Å². The zero-order valence-corrected chi connectivity index (χ0v) is 11.3. The van der Waals surface area contributed by atoms with Crippen LogP contribution in [0.15, 0.2) is 36.7 Å². The summed E-state index contributed by atoms with van der Waals surface area (Å²) in [6, 6.07) is 9.91. The van der Waals surface area contributed by atoms with Gasteiger partial charge < -0.3 is 4.74 Å². The van der Waals surface area contributed by atoms with Crippen molar-refractivity contribution in [2.45, 2.75) is 12.8 Å². The molecular formula is C13H12ClN3O3. The lowest BCUT2D eigenvalue weighted by atomic mass is 10.1. The van der Waals surface area contributed by atoms with Gasteiger partial charge in [0, 0.05) is 0 Å². The van der Waals surface area contributed by atoms with Gasteiger partial charge >= 0.3 is 5.69 Å². The van der Waals surface area contributed by atoms with Crippen LogP contribution in [0.25, 0.3) is 0 Å². The van der Waals surface area contributed by atoms with Crippen molar-refractivity contribution in [2.75, 3.05) is 6.61 Å². The molecule has 0 spiro atoms. The first-order valence-corrected chi connectivity index (χ1v) is 6.38. The van der Waals surface area contributed by atoms with E-state index in [1.807, 2.05) is 30.3 Å². The fraction of sp³-hybridized carbons (Fsp3) is 0.231. The van der Waals surface area contributed by atoms with E-state index in [1.54, 1.807) is 0 Å². The van der Waals surface area contributed by atoms with Gasteiger partial charge in [0.15, 0.2) is 0 Å². The Bertz CT molecular complexity index is 593. The second kappa shape index (κ2) is 6.81. The summed E-state index contributed by atoms with van der Waals surface area (Å²) in [5.74, 6) is -0.0944. The Hall–Kier alpha value is -2.21. The van der Waals surface area contributed by atoms with Crippen LogP contribution in [0.3, 0.4) is 0 Å². The third-order valence-electron chi connectivity index (χ3n) is 2.62. The van der Waals surface area contributed by atoms with Crippen molar-refractivity contribution in [1.29, 1.82) is 0 Å². The van der Waals surface area contributed by atoms with E-state index in [9.17, 15) is 10.1 Å². The highest BCUT2D eigenvalue weighted by atomic mass is 35.5. The maximum Gasteiger partial charge on any atom is 0.367 e. The van der Waals surface area contributed by atoms with Gasteiger partial charge in [-0.25, -0.2) is 4.98 Å². The molecule has 7 heteroatoms. The minimum absolute atomic E-state index is 0.0944. The van der Waals surface area contributed by atoms with Crippen molar-refractivity contribution in [1.82, 2.24) is 9.97 Å². The average Bonchev–Trinajstić information content (AvgIpc) is 2.44. The molecule has 6 nitrogen and oxygen atoms in total. The number of ether oxygens (including phenoxy) is 1. The number of hydrogen-bond donors (Lipinski definition) is 0. The standard InChI is InChI=1S/C13H12ClN3O3/c14-12-11(17(18)19)13(16-9-15-12)20-8-4-7-10-5-2-1-3-6-10/h1-3,5-6,9H,4,7-8H2. The Balaban J connectivity index is 1.92. The van der Waals surface area contributed by atoms with Gasteiger partial charge in [0.05, 0.1) is 11.5 Å². The molecule has 1 aromatic heterocycles. The molecule has 2 aromatic rings. The van der Waals surface area contributed by atoms with E-state index in [0.717, 1.165) is 19.2 Å². The van der Waals surface area contributed by atoms with Gasteiger partial charge in [-0.05, 0) is 18.4 Å². The lowest BCUT2D eigenvalue weighted by molar-refractivity contribution is -0.386.